The van der Waals surface area contributed by atoms with Gasteiger partial charge in [-0.05, 0) is 76.2 Å². The van der Waals surface area contributed by atoms with Gasteiger partial charge in [-0.15, -0.1) is 0 Å². The van der Waals surface area contributed by atoms with Gasteiger partial charge in [0.05, 0.1) is 27.6 Å². The first kappa shape index (κ1) is 25.2. The zero-order valence-corrected chi connectivity index (χ0v) is 25.1. The number of hydrogen-bond donors (Lipinski definition) is 0. The number of hydrogen-bond acceptors (Lipinski definition) is 0. The van der Waals surface area contributed by atoms with Crippen LogP contribution in [0.15, 0.2) is 170 Å². The molecule has 3 aromatic heterocycles. The van der Waals surface area contributed by atoms with E-state index in [1.165, 1.54) is 82.2 Å². The lowest BCUT2D eigenvalue weighted by atomic mass is 9.98. The second-order valence-corrected chi connectivity index (χ2v) is 12.2. The van der Waals surface area contributed by atoms with Crippen molar-refractivity contribution in [2.45, 2.75) is 0 Å². The van der Waals surface area contributed by atoms with Gasteiger partial charge in [0, 0.05) is 32.6 Å². The summed E-state index contributed by atoms with van der Waals surface area (Å²) in [7, 11) is 0. The highest BCUT2D eigenvalue weighted by molar-refractivity contribution is 6.21. The number of para-hydroxylation sites is 2. The van der Waals surface area contributed by atoms with Gasteiger partial charge >= 0.3 is 0 Å². The molecule has 0 amide bonds. The Morgan fingerprint density at radius 1 is 0.283 bits per heavy atom. The first-order chi connectivity index (χ1) is 22.8. The van der Waals surface area contributed by atoms with E-state index in [9.17, 15) is 0 Å². The van der Waals surface area contributed by atoms with E-state index in [1.54, 1.807) is 0 Å². The molecule has 214 valence electrons. The molecule has 46 heavy (non-hydrogen) atoms. The monoisotopic (exact) mass is 584 g/mol. The first-order valence-corrected chi connectivity index (χ1v) is 15.9. The summed E-state index contributed by atoms with van der Waals surface area (Å²) in [6.07, 6.45) is 0. The van der Waals surface area contributed by atoms with Gasteiger partial charge in [0.2, 0.25) is 0 Å². The van der Waals surface area contributed by atoms with E-state index < -0.39 is 0 Å². The fraction of sp³-hybridized carbons (Fsp3) is 0. The van der Waals surface area contributed by atoms with Crippen molar-refractivity contribution < 1.29 is 0 Å². The van der Waals surface area contributed by atoms with Crippen LogP contribution in [0.25, 0.3) is 87.8 Å². The Balaban J connectivity index is 1.37. The zero-order chi connectivity index (χ0) is 30.2. The molecule has 7 aromatic carbocycles. The van der Waals surface area contributed by atoms with E-state index >= 15 is 0 Å². The molecule has 10 aromatic rings. The third-order valence-electron chi connectivity index (χ3n) is 9.63. The Morgan fingerprint density at radius 2 is 0.783 bits per heavy atom. The molecule has 0 aliphatic carbocycles. The fourth-order valence-electron chi connectivity index (χ4n) is 7.57. The SMILES string of the molecule is c1ccc(-c2cc(-c3ccccc3)cc(-n3c4ccccc4c4cc5c(cc43)c3ccccc3c3cc4ccccc4n35)c2)cc1. The number of benzene rings is 7. The van der Waals surface area contributed by atoms with Crippen LogP contribution in [-0.2, 0) is 0 Å². The van der Waals surface area contributed by atoms with Crippen LogP contribution in [0.3, 0.4) is 0 Å². The van der Waals surface area contributed by atoms with Crippen LogP contribution < -0.4 is 0 Å². The molecule has 2 nitrogen and oxygen atoms in total. The normalized spacial score (nSPS) is 11.9. The molecule has 0 atom stereocenters. The Morgan fingerprint density at radius 3 is 1.48 bits per heavy atom. The predicted molar refractivity (Wildman–Crippen MR) is 195 cm³/mol. The van der Waals surface area contributed by atoms with Crippen LogP contribution in [0.2, 0.25) is 0 Å². The molecule has 0 saturated carbocycles. The van der Waals surface area contributed by atoms with Crippen molar-refractivity contribution in [2.75, 3.05) is 0 Å². The van der Waals surface area contributed by atoms with Gasteiger partial charge in [-0.25, -0.2) is 0 Å². The van der Waals surface area contributed by atoms with Crippen molar-refractivity contribution in [3.05, 3.63) is 170 Å². The molecule has 0 N–H and O–H groups in total. The molecule has 0 spiro atoms. The van der Waals surface area contributed by atoms with Crippen LogP contribution in [-0.4, -0.2) is 8.97 Å². The van der Waals surface area contributed by atoms with Crippen molar-refractivity contribution in [3.8, 4) is 27.9 Å². The van der Waals surface area contributed by atoms with Crippen LogP contribution in [0.5, 0.6) is 0 Å². The van der Waals surface area contributed by atoms with Gasteiger partial charge in [-0.2, -0.15) is 0 Å². The first-order valence-electron chi connectivity index (χ1n) is 15.9. The Hall–Kier alpha value is -6.12. The maximum Gasteiger partial charge on any atom is 0.0548 e. The fourth-order valence-corrected chi connectivity index (χ4v) is 7.57. The molecular weight excluding hydrogens is 556 g/mol. The highest BCUT2D eigenvalue weighted by Gasteiger charge is 2.18. The lowest BCUT2D eigenvalue weighted by Gasteiger charge is -2.15. The summed E-state index contributed by atoms with van der Waals surface area (Å²) >= 11 is 0. The van der Waals surface area contributed by atoms with Crippen LogP contribution in [0.1, 0.15) is 0 Å². The second-order valence-electron chi connectivity index (χ2n) is 12.2. The summed E-state index contributed by atoms with van der Waals surface area (Å²) in [5.41, 5.74) is 12.1. The minimum absolute atomic E-state index is 1.16. The van der Waals surface area contributed by atoms with E-state index in [4.69, 9.17) is 0 Å². The van der Waals surface area contributed by atoms with Crippen molar-refractivity contribution >= 4 is 59.9 Å². The summed E-state index contributed by atoms with van der Waals surface area (Å²) in [6, 6.07) is 62.1. The maximum absolute atomic E-state index is 2.47. The summed E-state index contributed by atoms with van der Waals surface area (Å²) in [5.74, 6) is 0. The number of aromatic nitrogens is 2. The van der Waals surface area contributed by atoms with E-state index in [0.717, 1.165) is 5.69 Å². The van der Waals surface area contributed by atoms with Gasteiger partial charge in [0.15, 0.2) is 0 Å². The smallest absolute Gasteiger partial charge is 0.0548 e. The number of rotatable bonds is 3. The minimum atomic E-state index is 1.16. The van der Waals surface area contributed by atoms with E-state index in [2.05, 4.69) is 179 Å². The summed E-state index contributed by atoms with van der Waals surface area (Å²) in [4.78, 5) is 0. The summed E-state index contributed by atoms with van der Waals surface area (Å²) in [5, 5.41) is 7.56. The lowest BCUT2D eigenvalue weighted by molar-refractivity contribution is 1.18. The molecule has 0 bridgehead atoms. The standard InChI is InChI=1S/C44H28N2/c1-3-13-29(14-4-1)32-23-33(30-15-5-2-6-16-30)25-34(24-32)45-41-22-12-10-20-37(41)39-28-44-38(27-43(39)45)35-18-8-9-19-36(35)42-26-31-17-7-11-21-40(31)46(42)44/h1-28H. The highest BCUT2D eigenvalue weighted by Crippen LogP contribution is 2.41. The molecule has 0 aliphatic heterocycles. The molecule has 2 heteroatoms. The Bertz CT molecular complexity index is 2730. The number of pyridine rings is 1. The van der Waals surface area contributed by atoms with Gasteiger partial charge in [-0.3, -0.25) is 0 Å². The van der Waals surface area contributed by atoms with Crippen molar-refractivity contribution in [1.29, 1.82) is 0 Å². The van der Waals surface area contributed by atoms with Crippen molar-refractivity contribution in [3.63, 3.8) is 0 Å². The van der Waals surface area contributed by atoms with Gasteiger partial charge in [0.1, 0.15) is 0 Å². The molecule has 0 fully saturated rings. The molecular formula is C44H28N2. The molecule has 0 aliphatic rings. The summed E-state index contributed by atoms with van der Waals surface area (Å²) in [6.45, 7) is 0. The average Bonchev–Trinajstić information content (AvgIpc) is 3.68. The molecule has 0 unspecified atom stereocenters. The van der Waals surface area contributed by atoms with E-state index in [-0.39, 0.29) is 0 Å². The molecule has 10 rings (SSSR count). The van der Waals surface area contributed by atoms with Crippen molar-refractivity contribution in [2.24, 2.45) is 0 Å². The Kier molecular flexibility index (Phi) is 5.31. The molecule has 0 saturated heterocycles. The molecule has 0 radical (unpaired) electrons. The lowest BCUT2D eigenvalue weighted by Crippen LogP contribution is -1.97. The summed E-state index contributed by atoms with van der Waals surface area (Å²) < 4.78 is 4.93. The van der Waals surface area contributed by atoms with Gasteiger partial charge in [0.25, 0.3) is 0 Å². The van der Waals surface area contributed by atoms with E-state index in [1.807, 2.05) is 0 Å². The number of fused-ring (bicyclic) bond motifs is 11. The van der Waals surface area contributed by atoms with Crippen LogP contribution in [0.4, 0.5) is 0 Å². The van der Waals surface area contributed by atoms with Crippen LogP contribution in [0, 0.1) is 0 Å². The predicted octanol–water partition coefficient (Wildman–Crippen LogP) is 11.8. The maximum atomic E-state index is 2.47. The minimum Gasteiger partial charge on any atom is -0.309 e. The van der Waals surface area contributed by atoms with Crippen molar-refractivity contribution in [1.82, 2.24) is 8.97 Å². The van der Waals surface area contributed by atoms with Gasteiger partial charge < -0.3 is 8.97 Å². The third kappa shape index (κ3) is 3.65. The largest absolute Gasteiger partial charge is 0.309 e. The zero-order valence-electron chi connectivity index (χ0n) is 25.1. The third-order valence-corrected chi connectivity index (χ3v) is 9.63. The second kappa shape index (κ2) is 9.69. The quantitative estimate of drug-likeness (QED) is 0.183. The van der Waals surface area contributed by atoms with Crippen LogP contribution >= 0.6 is 0 Å². The Labute approximate surface area is 266 Å². The molecule has 3 heterocycles. The highest BCUT2D eigenvalue weighted by atomic mass is 15.0. The van der Waals surface area contributed by atoms with E-state index in [0.29, 0.717) is 0 Å². The topological polar surface area (TPSA) is 9.34 Å². The average molecular weight is 585 g/mol. The number of nitrogens with zero attached hydrogens (tertiary/aromatic N) is 2. The van der Waals surface area contributed by atoms with Gasteiger partial charge in [-0.1, -0.05) is 121 Å².